The van der Waals surface area contributed by atoms with E-state index in [9.17, 15) is 38.4 Å². The molecule has 10 heterocycles. The number of ether oxygens (including phenoxy) is 1. The van der Waals surface area contributed by atoms with Gasteiger partial charge in [-0.25, -0.2) is 14.5 Å². The number of hydrogen-bond acceptors (Lipinski definition) is 17. The highest BCUT2D eigenvalue weighted by Crippen LogP contribution is 2.45. The molecule has 0 radical (unpaired) electrons. The average Bonchev–Trinajstić information content (AvgIpc) is 4.10. The highest BCUT2D eigenvalue weighted by atomic mass is 32.1. The molecule has 3 fully saturated rings. The van der Waals surface area contributed by atoms with E-state index in [-0.39, 0.29) is 59.5 Å². The van der Waals surface area contributed by atoms with E-state index in [1.54, 1.807) is 40.6 Å². The lowest BCUT2D eigenvalue weighted by molar-refractivity contribution is -0.155. The molecule has 7 aliphatic rings. The number of rotatable bonds is 11. The number of fused-ring (bicyclic) bond motifs is 7. The Morgan fingerprint density at radius 1 is 0.883 bits per heavy atom. The Morgan fingerprint density at radius 3 is 2.47 bits per heavy atom. The molecule has 1 unspecified atom stereocenters. The van der Waals surface area contributed by atoms with Crippen LogP contribution in [0.15, 0.2) is 59.8 Å². The first-order valence-corrected chi connectivity index (χ1v) is 28.2. The lowest BCUT2D eigenvalue weighted by Crippen LogP contribution is -2.59. The van der Waals surface area contributed by atoms with Crippen LogP contribution in [0.4, 0.5) is 28.7 Å². The van der Waals surface area contributed by atoms with Crippen LogP contribution in [0.25, 0.3) is 11.1 Å². The summed E-state index contributed by atoms with van der Waals surface area (Å²) in [4.78, 5) is 121. The second-order valence-corrected chi connectivity index (χ2v) is 22.9. The maximum atomic E-state index is 14.1. The number of aliphatic hydroxyl groups is 1. The predicted octanol–water partition coefficient (Wildman–Crippen LogP) is 4.34. The van der Waals surface area contributed by atoms with E-state index in [0.29, 0.717) is 81.0 Å². The van der Waals surface area contributed by atoms with Gasteiger partial charge in [-0.2, -0.15) is 0 Å². The molecule has 22 nitrogen and oxygen atoms in total. The van der Waals surface area contributed by atoms with Gasteiger partial charge in [-0.05, 0) is 111 Å². The highest BCUT2D eigenvalue weighted by molar-refractivity contribution is 7.46. The second-order valence-electron chi connectivity index (χ2n) is 20.6. The summed E-state index contributed by atoms with van der Waals surface area (Å²) in [7, 11) is -5.04. The molecule has 4 N–H and O–H groups in total. The number of pyridine rings is 3. The number of phosphoric acid groups is 1. The van der Waals surface area contributed by atoms with Crippen LogP contribution >= 0.6 is 19.2 Å². The lowest BCUT2D eigenvalue weighted by Gasteiger charge is -2.50. The summed E-state index contributed by atoms with van der Waals surface area (Å²) in [6, 6.07) is 8.81. The number of phosphoric ester groups is 1. The molecule has 3 saturated heterocycles. The zero-order valence-electron chi connectivity index (χ0n) is 44.9. The zero-order valence-corrected chi connectivity index (χ0v) is 43.6. The van der Waals surface area contributed by atoms with Crippen molar-refractivity contribution in [1.82, 2.24) is 29.2 Å². The fourth-order valence-electron chi connectivity index (χ4n) is 12.4. The third kappa shape index (κ3) is 9.10. The number of piperazine rings is 1. The highest BCUT2D eigenvalue weighted by Gasteiger charge is 2.49. The number of aryl methyl sites for hydroxylation is 2. The number of nitrogens with one attached hydrogen (secondary N) is 1. The van der Waals surface area contributed by atoms with Crippen molar-refractivity contribution in [2.45, 2.75) is 95.5 Å². The monoisotopic (exact) mass is 1090 g/mol. The molecule has 24 heteroatoms. The summed E-state index contributed by atoms with van der Waals surface area (Å²) in [5.74, 6) is -2.34. The van der Waals surface area contributed by atoms with Gasteiger partial charge in [0.25, 0.3) is 29.2 Å². The zero-order chi connectivity index (χ0) is 56.1. The van der Waals surface area contributed by atoms with Gasteiger partial charge in [0.05, 0.1) is 46.2 Å². The molecule has 5 aromatic rings. The number of thiophene rings is 1. The van der Waals surface area contributed by atoms with Crippen LogP contribution in [0.5, 0.6) is 5.75 Å². The standard InChI is InChI=1S/C53H57N10O12PS/c1-29-24-58(31-12-15-60-33(20-31)27-74-43-22-38-37(21-42(43)60)49(66)63(50(38)67)41-8-10-46(65)62(52(41)69)28-75-76(71,72)73)17-18-59(29)32-7-9-45(55-23-32)56-40-19-30(25-57(2)51(40)68)34-11-14-54-48(39(34)26-64)61-16-13-36-35-5-3-4-6-44(35)77-47(36)53(61)70/h7,9,11,14,19,21-23,25,29,31,33,41,64H,3-6,8,10,12-13,15-18,20,24,26-28H2,1-2H3,(H,55,56)(H2,71,72,73)/t29-,31-,33+,41?/m0/s1/i2D3. The van der Waals surface area contributed by atoms with Crippen LogP contribution in [0.3, 0.4) is 0 Å². The minimum Gasteiger partial charge on any atom is -0.489 e. The number of carbonyl (C=O) groups is 5. The van der Waals surface area contributed by atoms with Crippen LogP contribution in [0.2, 0.25) is 0 Å². The summed E-state index contributed by atoms with van der Waals surface area (Å²) in [6.45, 7) is 1.31. The quantitative estimate of drug-likeness (QED) is 0.106. The first kappa shape index (κ1) is 47.4. The van der Waals surface area contributed by atoms with Crippen LogP contribution in [-0.2, 0) is 51.5 Å². The van der Waals surface area contributed by atoms with Crippen molar-refractivity contribution in [2.75, 3.05) is 66.1 Å². The normalized spacial score (nSPS) is 23.4. The molecule has 12 rings (SSSR count). The minimum absolute atomic E-state index is 0.0389. The molecular formula is C53H57N10O12PS. The number of aromatic nitrogens is 3. The van der Waals surface area contributed by atoms with E-state index in [1.807, 2.05) is 6.07 Å². The number of amides is 5. The number of likely N-dealkylation sites (tertiary alicyclic amines) is 1. The number of carbonyl (C=O) groups excluding carboxylic acids is 5. The van der Waals surface area contributed by atoms with E-state index in [4.69, 9.17) is 18.6 Å². The third-order valence-corrected chi connectivity index (χ3v) is 17.9. The summed E-state index contributed by atoms with van der Waals surface area (Å²) < 4.78 is 47.5. The maximum absolute atomic E-state index is 14.1. The largest absolute Gasteiger partial charge is 0.489 e. The molecule has 6 aliphatic heterocycles. The Kier molecular flexibility index (Phi) is 12.2. The summed E-state index contributed by atoms with van der Waals surface area (Å²) in [5, 5.41) is 13.9. The summed E-state index contributed by atoms with van der Waals surface area (Å²) in [5.41, 5.74) is 4.27. The molecule has 1 aliphatic carbocycles. The number of aliphatic hydroxyl groups excluding tert-OH is 1. The molecule has 0 spiro atoms. The number of nitrogens with zero attached hydrogens (tertiary/aromatic N) is 9. The van der Waals surface area contributed by atoms with Gasteiger partial charge in [-0.1, -0.05) is 0 Å². The number of anilines is 5. The van der Waals surface area contributed by atoms with E-state index in [0.717, 1.165) is 67.8 Å². The van der Waals surface area contributed by atoms with Crippen molar-refractivity contribution >= 4 is 77.4 Å². The minimum atomic E-state index is -5.04. The van der Waals surface area contributed by atoms with Crippen molar-refractivity contribution in [2.24, 2.45) is 6.98 Å². The van der Waals surface area contributed by atoms with Crippen molar-refractivity contribution in [3.05, 3.63) is 103 Å². The third-order valence-electron chi connectivity index (χ3n) is 16.2. The second kappa shape index (κ2) is 19.9. The topological polar surface area (TPSA) is 261 Å². The van der Waals surface area contributed by atoms with E-state index >= 15 is 0 Å². The Morgan fingerprint density at radius 2 is 1.70 bits per heavy atom. The van der Waals surface area contributed by atoms with Crippen LogP contribution in [0.1, 0.15) is 102 Å². The fraction of sp³-hybridized carbons (Fsp3) is 0.434. The Balaban J connectivity index is 0.702. The molecule has 4 atom stereocenters. The predicted molar refractivity (Wildman–Crippen MR) is 283 cm³/mol. The number of benzene rings is 1. The van der Waals surface area contributed by atoms with E-state index < -0.39 is 63.4 Å². The van der Waals surface area contributed by atoms with Gasteiger partial charge in [0.2, 0.25) is 5.91 Å². The Labute approximate surface area is 450 Å². The number of imide groups is 2. The molecule has 77 heavy (non-hydrogen) atoms. The van der Waals surface area contributed by atoms with Gasteiger partial charge >= 0.3 is 7.82 Å². The molecule has 402 valence electrons. The van der Waals surface area contributed by atoms with Gasteiger partial charge in [-0.3, -0.25) is 52.9 Å². The van der Waals surface area contributed by atoms with Gasteiger partial charge in [0.1, 0.15) is 42.5 Å². The van der Waals surface area contributed by atoms with Gasteiger partial charge in [-0.15, -0.1) is 11.3 Å². The van der Waals surface area contributed by atoms with Crippen molar-refractivity contribution in [3.8, 4) is 16.9 Å². The molecular weight excluding hydrogens is 1030 g/mol. The van der Waals surface area contributed by atoms with Crippen molar-refractivity contribution in [1.29, 1.82) is 0 Å². The van der Waals surface area contributed by atoms with Gasteiger partial charge in [0, 0.05) is 90.7 Å². The first-order valence-electron chi connectivity index (χ1n) is 27.3. The molecule has 0 saturated carbocycles. The van der Waals surface area contributed by atoms with Gasteiger partial charge < -0.3 is 39.3 Å². The average molecular weight is 1090 g/mol. The van der Waals surface area contributed by atoms with Crippen molar-refractivity contribution < 1.29 is 56.8 Å². The summed E-state index contributed by atoms with van der Waals surface area (Å²) >= 11 is 1.55. The van der Waals surface area contributed by atoms with Crippen LogP contribution in [0, 0.1) is 0 Å². The van der Waals surface area contributed by atoms with Crippen LogP contribution in [-0.4, -0.2) is 144 Å². The number of hydrogen-bond donors (Lipinski definition) is 4. The Bertz CT molecular complexity index is 3520. The molecule has 1 aromatic carbocycles. The smallest absolute Gasteiger partial charge is 0.471 e. The van der Waals surface area contributed by atoms with Crippen molar-refractivity contribution in [3.63, 3.8) is 0 Å². The molecule has 0 bridgehead atoms. The van der Waals surface area contributed by atoms with Gasteiger partial charge in [0.15, 0.2) is 0 Å². The van der Waals surface area contributed by atoms with Crippen LogP contribution < -0.4 is 30.3 Å². The fourth-order valence-corrected chi connectivity index (χ4v) is 14.0. The first-order chi connectivity index (χ1) is 38.3. The lowest BCUT2D eigenvalue weighted by atomic mass is 9.92. The van der Waals surface area contributed by atoms with E-state index in [1.165, 1.54) is 35.0 Å². The number of piperidine rings is 2. The van der Waals surface area contributed by atoms with E-state index in [2.05, 4.69) is 41.4 Å². The SMILES string of the molecule is [2H]C([2H])([2H])n1cc(-c2ccnc(N3CCc4c(sc5c4CCCC5)C3=O)c2CO)cc(Nc2ccc(N3CCN([C@H]4CCN5c6cc7c(cc6OC[C@H]5C4)C(=O)N(C4CCC(=O)N(COP(=O)(O)O)C4=O)C7=O)C[C@@H]3C)cn2)c1=O. The maximum Gasteiger partial charge on any atom is 0.471 e. The summed E-state index contributed by atoms with van der Waals surface area (Å²) in [6.07, 6.45) is 10.4. The molecule has 5 amide bonds. The Hall–Kier alpha value is -6.85. The molecule has 4 aromatic heterocycles.